The fourth-order valence-corrected chi connectivity index (χ4v) is 3.61. The number of sulfone groups is 1. The van der Waals surface area contributed by atoms with Gasteiger partial charge in [-0.15, -0.1) is 0 Å². The lowest BCUT2D eigenvalue weighted by molar-refractivity contribution is 0.0470. The van der Waals surface area contributed by atoms with Crippen LogP contribution in [0.25, 0.3) is 0 Å². The summed E-state index contributed by atoms with van der Waals surface area (Å²) < 4.78 is 28.0. The first-order valence-corrected chi connectivity index (χ1v) is 9.16. The molecule has 21 heavy (non-hydrogen) atoms. The van der Waals surface area contributed by atoms with Crippen molar-refractivity contribution in [1.29, 1.82) is 0 Å². The number of carbonyl (C=O) groups excluding carboxylic acids is 1. The van der Waals surface area contributed by atoms with Gasteiger partial charge in [-0.05, 0) is 47.5 Å². The second-order valence-electron chi connectivity index (χ2n) is 7.32. The summed E-state index contributed by atoms with van der Waals surface area (Å²) in [5.41, 5.74) is -0.982. The lowest BCUT2D eigenvalue weighted by atomic mass is 10.0. The zero-order chi connectivity index (χ0) is 16.3. The number of ether oxygens (including phenoxy) is 1. The van der Waals surface area contributed by atoms with E-state index >= 15 is 0 Å². The maximum atomic E-state index is 11.8. The van der Waals surface area contributed by atoms with Crippen LogP contribution < -0.4 is 10.6 Å². The van der Waals surface area contributed by atoms with E-state index in [1.165, 1.54) is 0 Å². The molecule has 0 bridgehead atoms. The minimum absolute atomic E-state index is 0.188. The number of nitrogens with one attached hydrogen (secondary N) is 2. The number of hydrogen-bond acceptors (Lipinski definition) is 5. The van der Waals surface area contributed by atoms with Crippen molar-refractivity contribution < 1.29 is 17.9 Å². The Morgan fingerprint density at radius 1 is 1.14 bits per heavy atom. The zero-order valence-electron chi connectivity index (χ0n) is 13.7. The molecule has 0 aliphatic carbocycles. The van der Waals surface area contributed by atoms with E-state index in [9.17, 15) is 13.2 Å². The third-order valence-corrected chi connectivity index (χ3v) is 4.94. The SMILES string of the molecule is CC(C)(CNC1CCS(=O)(=O)CC1)NC(=O)OC(C)(C)C. The molecule has 7 heteroatoms. The van der Waals surface area contributed by atoms with Gasteiger partial charge in [0.25, 0.3) is 0 Å². The van der Waals surface area contributed by atoms with Crippen molar-refractivity contribution in [3.05, 3.63) is 0 Å². The Balaban J connectivity index is 2.38. The Kier molecular flexibility index (Phi) is 5.66. The fraction of sp³-hybridized carbons (Fsp3) is 0.929. The van der Waals surface area contributed by atoms with Gasteiger partial charge in [0.2, 0.25) is 0 Å². The van der Waals surface area contributed by atoms with E-state index in [1.807, 2.05) is 34.6 Å². The van der Waals surface area contributed by atoms with E-state index in [0.29, 0.717) is 19.4 Å². The molecule has 1 aliphatic heterocycles. The molecule has 0 spiro atoms. The Morgan fingerprint density at radius 3 is 2.14 bits per heavy atom. The standard InChI is InChI=1S/C14H28N2O4S/c1-13(2,3)20-12(17)16-14(4,5)10-15-11-6-8-21(18,19)9-7-11/h11,15H,6-10H2,1-5H3,(H,16,17). The first-order valence-electron chi connectivity index (χ1n) is 7.34. The summed E-state index contributed by atoms with van der Waals surface area (Å²) in [6.45, 7) is 9.84. The Labute approximate surface area is 127 Å². The molecule has 1 amide bonds. The molecule has 1 heterocycles. The van der Waals surface area contributed by atoms with Crippen LogP contribution in [0.4, 0.5) is 4.79 Å². The van der Waals surface area contributed by atoms with Crippen molar-refractivity contribution >= 4 is 15.9 Å². The summed E-state index contributed by atoms with van der Waals surface area (Å²) in [6.07, 6.45) is 0.816. The van der Waals surface area contributed by atoms with E-state index in [2.05, 4.69) is 10.6 Å². The van der Waals surface area contributed by atoms with Gasteiger partial charge < -0.3 is 15.4 Å². The molecule has 2 N–H and O–H groups in total. The quantitative estimate of drug-likeness (QED) is 0.819. The predicted octanol–water partition coefficient (Wildman–Crippen LogP) is 1.46. The van der Waals surface area contributed by atoms with Gasteiger partial charge in [0, 0.05) is 12.6 Å². The maximum absolute atomic E-state index is 11.8. The average Bonchev–Trinajstić information content (AvgIpc) is 2.23. The molecule has 0 radical (unpaired) electrons. The van der Waals surface area contributed by atoms with Crippen molar-refractivity contribution in [2.45, 2.75) is 64.6 Å². The van der Waals surface area contributed by atoms with Crippen LogP contribution in [0, 0.1) is 0 Å². The van der Waals surface area contributed by atoms with Gasteiger partial charge in [-0.25, -0.2) is 13.2 Å². The van der Waals surface area contributed by atoms with Crippen LogP contribution in [0.5, 0.6) is 0 Å². The predicted molar refractivity (Wildman–Crippen MR) is 83.1 cm³/mol. The smallest absolute Gasteiger partial charge is 0.408 e. The summed E-state index contributed by atoms with van der Waals surface area (Å²) in [5, 5.41) is 6.16. The molecule has 0 aromatic rings. The topological polar surface area (TPSA) is 84.5 Å². The summed E-state index contributed by atoms with van der Waals surface area (Å²) in [7, 11) is -2.84. The Hall–Kier alpha value is -0.820. The van der Waals surface area contributed by atoms with E-state index < -0.39 is 27.1 Å². The van der Waals surface area contributed by atoms with E-state index in [0.717, 1.165) is 0 Å². The van der Waals surface area contributed by atoms with E-state index in [-0.39, 0.29) is 17.5 Å². The van der Waals surface area contributed by atoms with Crippen molar-refractivity contribution in [3.63, 3.8) is 0 Å². The van der Waals surface area contributed by atoms with Crippen molar-refractivity contribution in [2.75, 3.05) is 18.1 Å². The van der Waals surface area contributed by atoms with Gasteiger partial charge in [-0.3, -0.25) is 0 Å². The highest BCUT2D eigenvalue weighted by atomic mass is 32.2. The molecular weight excluding hydrogens is 292 g/mol. The second kappa shape index (κ2) is 6.52. The minimum atomic E-state index is -2.84. The van der Waals surface area contributed by atoms with Gasteiger partial charge in [0.05, 0.1) is 17.0 Å². The third-order valence-electron chi connectivity index (χ3n) is 3.23. The first kappa shape index (κ1) is 18.2. The molecule has 1 saturated heterocycles. The van der Waals surface area contributed by atoms with Gasteiger partial charge in [0.1, 0.15) is 15.4 Å². The van der Waals surface area contributed by atoms with E-state index in [1.54, 1.807) is 0 Å². The van der Waals surface area contributed by atoms with Crippen LogP contribution >= 0.6 is 0 Å². The van der Waals surface area contributed by atoms with Gasteiger partial charge in [-0.1, -0.05) is 0 Å². The minimum Gasteiger partial charge on any atom is -0.444 e. The van der Waals surface area contributed by atoms with Crippen molar-refractivity contribution in [2.24, 2.45) is 0 Å². The van der Waals surface area contributed by atoms with Crippen LogP contribution in [-0.2, 0) is 14.6 Å². The Morgan fingerprint density at radius 2 is 1.67 bits per heavy atom. The molecule has 0 aromatic heterocycles. The van der Waals surface area contributed by atoms with E-state index in [4.69, 9.17) is 4.74 Å². The number of amides is 1. The van der Waals surface area contributed by atoms with Crippen molar-refractivity contribution in [3.8, 4) is 0 Å². The summed E-state index contributed by atoms with van der Waals surface area (Å²) in [5.74, 6) is 0.481. The van der Waals surface area contributed by atoms with Gasteiger partial charge in [-0.2, -0.15) is 0 Å². The van der Waals surface area contributed by atoms with Gasteiger partial charge in [0.15, 0.2) is 0 Å². The molecule has 0 saturated carbocycles. The number of rotatable bonds is 4. The lowest BCUT2D eigenvalue weighted by Crippen LogP contribution is -2.54. The monoisotopic (exact) mass is 320 g/mol. The second-order valence-corrected chi connectivity index (χ2v) is 9.62. The largest absolute Gasteiger partial charge is 0.444 e. The van der Waals surface area contributed by atoms with Crippen LogP contribution in [0.1, 0.15) is 47.5 Å². The molecule has 6 nitrogen and oxygen atoms in total. The van der Waals surface area contributed by atoms with Crippen LogP contribution in [0.15, 0.2) is 0 Å². The summed E-state index contributed by atoms with van der Waals surface area (Å²) in [4.78, 5) is 11.8. The highest BCUT2D eigenvalue weighted by molar-refractivity contribution is 7.91. The summed E-state index contributed by atoms with van der Waals surface area (Å²) >= 11 is 0. The molecule has 1 aliphatic rings. The average molecular weight is 320 g/mol. The van der Waals surface area contributed by atoms with Crippen LogP contribution in [-0.4, -0.2) is 49.7 Å². The molecule has 0 unspecified atom stereocenters. The lowest BCUT2D eigenvalue weighted by Gasteiger charge is -2.31. The molecule has 1 fully saturated rings. The first-order chi connectivity index (χ1) is 9.39. The van der Waals surface area contributed by atoms with Crippen LogP contribution in [0.2, 0.25) is 0 Å². The normalized spacial score (nSPS) is 20.0. The summed E-state index contributed by atoms with van der Waals surface area (Å²) in [6, 6.07) is 0.188. The van der Waals surface area contributed by atoms with Crippen LogP contribution in [0.3, 0.4) is 0 Å². The van der Waals surface area contributed by atoms with Crippen molar-refractivity contribution in [1.82, 2.24) is 10.6 Å². The molecule has 0 atom stereocenters. The zero-order valence-corrected chi connectivity index (χ0v) is 14.5. The molecular formula is C14H28N2O4S. The maximum Gasteiger partial charge on any atom is 0.408 e. The highest BCUT2D eigenvalue weighted by Crippen LogP contribution is 2.13. The molecule has 0 aromatic carbocycles. The molecule has 1 rings (SSSR count). The van der Waals surface area contributed by atoms with Gasteiger partial charge >= 0.3 is 6.09 Å². The Bertz CT molecular complexity index is 452. The fourth-order valence-electron chi connectivity index (χ4n) is 2.12. The number of carbonyl (C=O) groups is 1. The third kappa shape index (κ3) is 7.66. The number of hydrogen-bond donors (Lipinski definition) is 2. The number of alkyl carbamates (subject to hydrolysis) is 1. The molecule has 124 valence electrons. The highest BCUT2D eigenvalue weighted by Gasteiger charge is 2.27.